The fraction of sp³-hybridized carbons (Fsp3) is 0.500. The van der Waals surface area contributed by atoms with Crippen molar-refractivity contribution in [2.75, 3.05) is 41.7 Å². The molecular formula is C12H22N4S3. The second-order valence-electron chi connectivity index (χ2n) is 5.35. The number of hydrogen-bond donors (Lipinski definition) is 2. The van der Waals surface area contributed by atoms with Gasteiger partial charge in [0.05, 0.1) is 0 Å². The van der Waals surface area contributed by atoms with Crippen molar-refractivity contribution in [3.63, 3.8) is 0 Å². The summed E-state index contributed by atoms with van der Waals surface area (Å²) in [5, 5.41) is 8.41. The van der Waals surface area contributed by atoms with Crippen molar-refractivity contribution in [2.24, 2.45) is 0 Å². The zero-order valence-electron chi connectivity index (χ0n) is 11.8. The molecular weight excluding hydrogens is 296 g/mol. The molecule has 0 saturated carbocycles. The fourth-order valence-corrected chi connectivity index (χ4v) is 6.09. The van der Waals surface area contributed by atoms with Crippen LogP contribution in [0.4, 0.5) is 0 Å². The number of hydrogen-bond acceptors (Lipinski definition) is 4. The zero-order chi connectivity index (χ0) is 14.0. The second-order valence-corrected chi connectivity index (χ2v) is 13.1. The Bertz CT molecular complexity index is 549. The van der Waals surface area contributed by atoms with Crippen LogP contribution in [0.5, 0.6) is 0 Å². The predicted octanol–water partition coefficient (Wildman–Crippen LogP) is 2.45. The zero-order valence-corrected chi connectivity index (χ0v) is 14.4. The van der Waals surface area contributed by atoms with Gasteiger partial charge in [-0.25, -0.2) is 10.0 Å². The van der Waals surface area contributed by atoms with Crippen molar-refractivity contribution in [3.8, 4) is 0 Å². The minimum atomic E-state index is -0.521. The Balaban J connectivity index is 2.12. The molecule has 0 aliphatic heterocycles. The van der Waals surface area contributed by atoms with E-state index < -0.39 is 20.1 Å². The highest BCUT2D eigenvalue weighted by Gasteiger charge is 2.14. The molecule has 0 radical (unpaired) electrons. The lowest BCUT2D eigenvalue weighted by atomic mass is 10.3. The van der Waals surface area contributed by atoms with E-state index in [0.29, 0.717) is 0 Å². The maximum absolute atomic E-state index is 4.76. The Kier molecular flexibility index (Phi) is 4.58. The maximum Gasteiger partial charge on any atom is 0.115 e. The van der Waals surface area contributed by atoms with Gasteiger partial charge in [0.25, 0.3) is 0 Å². The first-order valence-corrected chi connectivity index (χ1v) is 11.7. The van der Waals surface area contributed by atoms with Gasteiger partial charge in [-0.05, 0) is 41.9 Å². The lowest BCUT2D eigenvalue weighted by Crippen LogP contribution is -2.28. The van der Waals surface area contributed by atoms with Gasteiger partial charge in [-0.15, -0.1) is 31.7 Å². The molecule has 0 amide bonds. The van der Waals surface area contributed by atoms with E-state index in [2.05, 4.69) is 33.5 Å². The monoisotopic (exact) mass is 318 g/mol. The molecule has 1 unspecified atom stereocenters. The summed E-state index contributed by atoms with van der Waals surface area (Å²) in [6.45, 7) is 0. The van der Waals surface area contributed by atoms with Gasteiger partial charge in [0.15, 0.2) is 0 Å². The minimum Gasteiger partial charge on any atom is -0.253 e. The van der Waals surface area contributed by atoms with Gasteiger partial charge in [-0.3, -0.25) is 4.41 Å². The first-order valence-electron chi connectivity index (χ1n) is 6.05. The third-order valence-corrected chi connectivity index (χ3v) is 7.42. The van der Waals surface area contributed by atoms with Crippen LogP contribution in [-0.4, -0.2) is 52.4 Å². The van der Waals surface area contributed by atoms with Crippen LogP contribution in [0.1, 0.15) is 0 Å². The van der Waals surface area contributed by atoms with Gasteiger partial charge in [-0.1, -0.05) is 12.1 Å². The molecule has 0 bridgehead atoms. The van der Waals surface area contributed by atoms with Crippen LogP contribution in [0.15, 0.2) is 24.3 Å². The third kappa shape index (κ3) is 3.73. The molecule has 2 rings (SSSR count). The Morgan fingerprint density at radius 1 is 1.32 bits per heavy atom. The minimum absolute atomic E-state index is 0.469. The summed E-state index contributed by atoms with van der Waals surface area (Å²) in [5.41, 5.74) is 1.96. The van der Waals surface area contributed by atoms with E-state index in [4.69, 9.17) is 11.7 Å². The Morgan fingerprint density at radius 3 is 2.68 bits per heavy atom. The van der Waals surface area contributed by atoms with Gasteiger partial charge < -0.3 is 0 Å². The van der Waals surface area contributed by atoms with Crippen molar-refractivity contribution in [3.05, 3.63) is 24.3 Å². The van der Waals surface area contributed by atoms with E-state index in [1.165, 1.54) is 5.75 Å². The Labute approximate surface area is 124 Å². The van der Waals surface area contributed by atoms with Crippen molar-refractivity contribution in [1.29, 1.82) is 0 Å². The smallest absolute Gasteiger partial charge is 0.115 e. The highest BCUT2D eigenvalue weighted by molar-refractivity contribution is 8.78. The number of nitrogens with zero attached hydrogens (tertiary/aromatic N) is 4. The first kappa shape index (κ1) is 14.9. The highest BCUT2D eigenvalue weighted by atomic mass is 33.1. The SMILES string of the molecule is CN(n1nnc2ccccc21)[SH](S)CCS(C)(C)C. The number of aromatic nitrogens is 3. The Hall–Kier alpha value is -0.530. The van der Waals surface area contributed by atoms with E-state index in [1.807, 2.05) is 36.1 Å². The van der Waals surface area contributed by atoms with E-state index in [9.17, 15) is 0 Å². The molecule has 0 aliphatic rings. The van der Waals surface area contributed by atoms with Crippen LogP contribution in [0.2, 0.25) is 0 Å². The predicted molar refractivity (Wildman–Crippen MR) is 94.7 cm³/mol. The quantitative estimate of drug-likeness (QED) is 0.656. The summed E-state index contributed by atoms with van der Waals surface area (Å²) in [6, 6.07) is 8.01. The summed E-state index contributed by atoms with van der Waals surface area (Å²) in [6.07, 6.45) is 7.03. The molecule has 0 fully saturated rings. The molecule has 0 aliphatic carbocycles. The van der Waals surface area contributed by atoms with Crippen LogP contribution in [0.3, 0.4) is 0 Å². The average Bonchev–Trinajstić information content (AvgIpc) is 2.78. The van der Waals surface area contributed by atoms with Crippen LogP contribution in [-0.2, 0) is 0 Å². The molecule has 0 saturated heterocycles. The van der Waals surface area contributed by atoms with E-state index >= 15 is 0 Å². The highest BCUT2D eigenvalue weighted by Crippen LogP contribution is 2.41. The van der Waals surface area contributed by atoms with Crippen LogP contribution in [0, 0.1) is 0 Å². The van der Waals surface area contributed by atoms with Crippen LogP contribution < -0.4 is 4.41 Å². The summed E-state index contributed by atoms with van der Waals surface area (Å²) < 4.78 is 2.11. The molecule has 1 heterocycles. The molecule has 1 aromatic carbocycles. The topological polar surface area (TPSA) is 34.0 Å². The summed E-state index contributed by atoms with van der Waals surface area (Å²) in [7, 11) is 1.05. The number of fused-ring (bicyclic) bond motifs is 1. The fourth-order valence-electron chi connectivity index (χ4n) is 1.67. The largest absolute Gasteiger partial charge is 0.253 e. The maximum atomic E-state index is 4.76. The summed E-state index contributed by atoms with van der Waals surface area (Å²) >= 11 is 4.76. The van der Waals surface area contributed by atoms with Gasteiger partial charge in [0, 0.05) is 12.8 Å². The molecule has 108 valence electrons. The van der Waals surface area contributed by atoms with E-state index in [1.54, 1.807) is 0 Å². The third-order valence-electron chi connectivity index (χ3n) is 2.85. The van der Waals surface area contributed by atoms with E-state index in [-0.39, 0.29) is 0 Å². The number of thiol groups is 2. The van der Waals surface area contributed by atoms with E-state index in [0.717, 1.165) is 16.8 Å². The molecule has 0 spiro atoms. The molecule has 4 nitrogen and oxygen atoms in total. The molecule has 19 heavy (non-hydrogen) atoms. The number of rotatable bonds is 5. The average molecular weight is 319 g/mol. The normalized spacial score (nSPS) is 15.5. The molecule has 0 N–H and O–H groups in total. The summed E-state index contributed by atoms with van der Waals surface area (Å²) in [4.78, 5) is 1.87. The lowest BCUT2D eigenvalue weighted by molar-refractivity contribution is 0.695. The van der Waals surface area contributed by atoms with Crippen molar-refractivity contribution < 1.29 is 0 Å². The number of para-hydroxylation sites is 1. The number of benzene rings is 1. The molecule has 1 aromatic heterocycles. The Morgan fingerprint density at radius 2 is 2.00 bits per heavy atom. The van der Waals surface area contributed by atoms with Crippen molar-refractivity contribution >= 4 is 42.8 Å². The van der Waals surface area contributed by atoms with Crippen molar-refractivity contribution in [2.45, 2.75) is 0 Å². The van der Waals surface area contributed by atoms with Gasteiger partial charge >= 0.3 is 0 Å². The first-order chi connectivity index (χ1) is 8.88. The molecule has 7 heteroatoms. The second kappa shape index (κ2) is 5.85. The van der Waals surface area contributed by atoms with Gasteiger partial charge in [0.1, 0.15) is 11.0 Å². The van der Waals surface area contributed by atoms with Gasteiger partial charge in [-0.2, -0.15) is 0 Å². The standard InChI is InChI=1S/C12H22N4S3/c1-15(18(17)9-10-19(2,3)4)16-12-8-6-5-7-11(12)13-14-16/h5-8,17-18H,9-10H2,1-4H3. The summed E-state index contributed by atoms with van der Waals surface area (Å²) in [5.74, 6) is 2.35. The van der Waals surface area contributed by atoms with Crippen LogP contribution in [0.25, 0.3) is 11.0 Å². The van der Waals surface area contributed by atoms with Crippen LogP contribution >= 0.6 is 31.8 Å². The van der Waals surface area contributed by atoms with Gasteiger partial charge in [0.2, 0.25) is 0 Å². The lowest BCUT2D eigenvalue weighted by Gasteiger charge is -2.33. The molecule has 2 aromatic rings. The molecule has 1 atom stereocenters. The van der Waals surface area contributed by atoms with Crippen molar-refractivity contribution in [1.82, 2.24) is 15.1 Å².